The first-order valence-electron chi connectivity index (χ1n) is 5.77. The van der Waals surface area contributed by atoms with Crippen molar-refractivity contribution in [1.82, 2.24) is 4.98 Å². The minimum atomic E-state index is -0.465. The summed E-state index contributed by atoms with van der Waals surface area (Å²) in [6, 6.07) is 12.0. The van der Waals surface area contributed by atoms with Crippen molar-refractivity contribution in [1.29, 1.82) is 0 Å². The van der Waals surface area contributed by atoms with Gasteiger partial charge in [0.15, 0.2) is 0 Å². The van der Waals surface area contributed by atoms with E-state index in [0.29, 0.717) is 6.42 Å². The Hall–Kier alpha value is -0.840. The van der Waals surface area contributed by atoms with Gasteiger partial charge in [-0.3, -0.25) is 4.98 Å². The van der Waals surface area contributed by atoms with Crippen molar-refractivity contribution in [3.8, 4) is 0 Å². The van der Waals surface area contributed by atoms with E-state index in [0.717, 1.165) is 20.0 Å². The van der Waals surface area contributed by atoms with Gasteiger partial charge in [0.1, 0.15) is 0 Å². The third-order valence-electron chi connectivity index (χ3n) is 2.55. The molecule has 0 aliphatic rings. The zero-order chi connectivity index (χ0) is 13.0. The van der Waals surface area contributed by atoms with Gasteiger partial charge in [-0.2, -0.15) is 0 Å². The monoisotopic (exact) mass is 323 g/mol. The second-order valence-electron chi connectivity index (χ2n) is 3.88. The van der Waals surface area contributed by atoms with Crippen molar-refractivity contribution in [3.63, 3.8) is 0 Å². The van der Waals surface area contributed by atoms with Crippen LogP contribution in [0.2, 0.25) is 0 Å². The second-order valence-corrected chi connectivity index (χ2v) is 5.84. The molecule has 2 aromatic rings. The molecule has 4 heteroatoms. The SMILES string of the molecule is CCC(O)c1ccc(Sc2ccccc2Br)cn1. The molecule has 1 unspecified atom stereocenters. The van der Waals surface area contributed by atoms with E-state index in [4.69, 9.17) is 0 Å². The summed E-state index contributed by atoms with van der Waals surface area (Å²) in [5.74, 6) is 0. The summed E-state index contributed by atoms with van der Waals surface area (Å²) in [7, 11) is 0. The Morgan fingerprint density at radius 3 is 2.67 bits per heavy atom. The molecule has 0 spiro atoms. The molecule has 94 valence electrons. The summed E-state index contributed by atoms with van der Waals surface area (Å²) in [6.07, 6.45) is 2.02. The fourth-order valence-corrected chi connectivity index (χ4v) is 2.85. The van der Waals surface area contributed by atoms with E-state index < -0.39 is 6.10 Å². The van der Waals surface area contributed by atoms with Crippen LogP contribution in [0.25, 0.3) is 0 Å². The van der Waals surface area contributed by atoms with Crippen LogP contribution < -0.4 is 0 Å². The number of nitrogens with zero attached hydrogens (tertiary/aromatic N) is 1. The highest BCUT2D eigenvalue weighted by Gasteiger charge is 2.07. The molecule has 0 saturated heterocycles. The van der Waals surface area contributed by atoms with Gasteiger partial charge < -0.3 is 5.11 Å². The first kappa shape index (κ1) is 13.6. The molecule has 0 fully saturated rings. The van der Waals surface area contributed by atoms with Crippen molar-refractivity contribution < 1.29 is 5.11 Å². The second kappa shape index (κ2) is 6.36. The summed E-state index contributed by atoms with van der Waals surface area (Å²) in [5, 5.41) is 9.68. The van der Waals surface area contributed by atoms with E-state index in [-0.39, 0.29) is 0 Å². The number of rotatable bonds is 4. The molecule has 2 rings (SSSR count). The van der Waals surface area contributed by atoms with Crippen LogP contribution in [0.1, 0.15) is 25.1 Å². The smallest absolute Gasteiger partial charge is 0.0957 e. The van der Waals surface area contributed by atoms with Crippen molar-refractivity contribution in [3.05, 3.63) is 52.8 Å². The molecule has 2 nitrogen and oxygen atoms in total. The Morgan fingerprint density at radius 2 is 2.06 bits per heavy atom. The van der Waals surface area contributed by atoms with Crippen LogP contribution in [-0.2, 0) is 0 Å². The summed E-state index contributed by atoms with van der Waals surface area (Å²) >= 11 is 5.17. The van der Waals surface area contributed by atoms with Gasteiger partial charge in [0.05, 0.1) is 11.8 Å². The lowest BCUT2D eigenvalue weighted by molar-refractivity contribution is 0.169. The van der Waals surface area contributed by atoms with E-state index in [1.165, 1.54) is 0 Å². The number of benzene rings is 1. The Balaban J connectivity index is 2.14. The molecule has 18 heavy (non-hydrogen) atoms. The quantitative estimate of drug-likeness (QED) is 0.903. The van der Waals surface area contributed by atoms with Gasteiger partial charge >= 0.3 is 0 Å². The van der Waals surface area contributed by atoms with Crippen LogP contribution in [0, 0.1) is 0 Å². The van der Waals surface area contributed by atoms with E-state index in [2.05, 4.69) is 27.0 Å². The third-order valence-corrected chi connectivity index (χ3v) is 4.56. The van der Waals surface area contributed by atoms with Gasteiger partial charge in [-0.25, -0.2) is 0 Å². The van der Waals surface area contributed by atoms with Crippen molar-refractivity contribution in [2.45, 2.75) is 29.2 Å². The molecular weight excluding hydrogens is 310 g/mol. The Labute approximate surface area is 120 Å². The maximum Gasteiger partial charge on any atom is 0.0957 e. The molecule has 1 aromatic carbocycles. The molecule has 1 N–H and O–H groups in total. The standard InChI is InChI=1S/C14H14BrNOS/c1-2-13(17)12-8-7-10(9-16-12)18-14-6-4-3-5-11(14)15/h3-9,13,17H,2H2,1H3. The molecule has 0 aliphatic carbocycles. The zero-order valence-corrected chi connectivity index (χ0v) is 12.4. The average molecular weight is 324 g/mol. The highest BCUT2D eigenvalue weighted by atomic mass is 79.9. The van der Waals surface area contributed by atoms with Gasteiger partial charge in [-0.15, -0.1) is 0 Å². The Bertz CT molecular complexity index is 515. The summed E-state index contributed by atoms with van der Waals surface area (Å²) < 4.78 is 1.08. The fourth-order valence-electron chi connectivity index (χ4n) is 1.51. The molecule has 1 atom stereocenters. The molecule has 0 amide bonds. The summed E-state index contributed by atoms with van der Waals surface area (Å²) in [5.41, 5.74) is 0.731. The third kappa shape index (κ3) is 3.34. The molecule has 0 saturated carbocycles. The Kier molecular flexibility index (Phi) is 4.80. The van der Waals surface area contributed by atoms with E-state index in [1.54, 1.807) is 18.0 Å². The molecular formula is C14H14BrNOS. The van der Waals surface area contributed by atoms with Gasteiger partial charge in [-0.05, 0) is 46.6 Å². The van der Waals surface area contributed by atoms with E-state index in [1.807, 2.05) is 37.3 Å². The lowest BCUT2D eigenvalue weighted by Gasteiger charge is -2.08. The first-order valence-corrected chi connectivity index (χ1v) is 7.38. The van der Waals surface area contributed by atoms with Crippen molar-refractivity contribution in [2.24, 2.45) is 0 Å². The number of pyridine rings is 1. The average Bonchev–Trinajstić information content (AvgIpc) is 2.41. The topological polar surface area (TPSA) is 33.1 Å². The summed E-state index contributed by atoms with van der Waals surface area (Å²) in [6.45, 7) is 1.94. The maximum absolute atomic E-state index is 9.68. The van der Waals surface area contributed by atoms with Crippen LogP contribution in [-0.4, -0.2) is 10.1 Å². The molecule has 0 bridgehead atoms. The van der Waals surface area contributed by atoms with Crippen LogP contribution in [0.15, 0.2) is 56.9 Å². The lowest BCUT2D eigenvalue weighted by Crippen LogP contribution is -1.97. The lowest BCUT2D eigenvalue weighted by atomic mass is 10.2. The predicted octanol–water partition coefficient (Wildman–Crippen LogP) is 4.44. The van der Waals surface area contributed by atoms with Crippen LogP contribution in [0.5, 0.6) is 0 Å². The fraction of sp³-hybridized carbons (Fsp3) is 0.214. The van der Waals surface area contributed by atoms with E-state index >= 15 is 0 Å². The Morgan fingerprint density at radius 1 is 1.28 bits per heavy atom. The van der Waals surface area contributed by atoms with Crippen molar-refractivity contribution >= 4 is 27.7 Å². The van der Waals surface area contributed by atoms with E-state index in [9.17, 15) is 5.11 Å². The van der Waals surface area contributed by atoms with Gasteiger partial charge in [0.25, 0.3) is 0 Å². The molecule has 1 heterocycles. The van der Waals surface area contributed by atoms with Gasteiger partial charge in [0.2, 0.25) is 0 Å². The number of halogens is 1. The number of aromatic nitrogens is 1. The van der Waals surface area contributed by atoms with Crippen molar-refractivity contribution in [2.75, 3.05) is 0 Å². The largest absolute Gasteiger partial charge is 0.387 e. The van der Waals surface area contributed by atoms with Crippen LogP contribution >= 0.6 is 27.7 Å². The normalized spacial score (nSPS) is 12.4. The zero-order valence-electron chi connectivity index (χ0n) is 10.0. The highest BCUT2D eigenvalue weighted by molar-refractivity contribution is 9.10. The molecule has 1 aromatic heterocycles. The number of aliphatic hydroxyl groups excluding tert-OH is 1. The number of aliphatic hydroxyl groups is 1. The molecule has 0 aliphatic heterocycles. The predicted molar refractivity (Wildman–Crippen MR) is 77.8 cm³/mol. The highest BCUT2D eigenvalue weighted by Crippen LogP contribution is 2.33. The minimum absolute atomic E-state index is 0.465. The van der Waals surface area contributed by atoms with Gasteiger partial charge in [-0.1, -0.05) is 30.8 Å². The number of hydrogen-bond acceptors (Lipinski definition) is 3. The van der Waals surface area contributed by atoms with Gasteiger partial charge in [0, 0.05) is 20.5 Å². The minimum Gasteiger partial charge on any atom is -0.387 e. The van der Waals surface area contributed by atoms with Crippen LogP contribution in [0.4, 0.5) is 0 Å². The van der Waals surface area contributed by atoms with Crippen LogP contribution in [0.3, 0.4) is 0 Å². The maximum atomic E-state index is 9.68. The number of hydrogen-bond donors (Lipinski definition) is 1. The summed E-state index contributed by atoms with van der Waals surface area (Å²) in [4.78, 5) is 6.51. The first-order chi connectivity index (χ1) is 8.70. The molecule has 0 radical (unpaired) electrons.